The zero-order chi connectivity index (χ0) is 15.0. The van der Waals surface area contributed by atoms with Gasteiger partial charge in [0.15, 0.2) is 0 Å². The molecule has 0 amide bonds. The minimum absolute atomic E-state index is 0.0786. The van der Waals surface area contributed by atoms with Gasteiger partial charge in [-0.3, -0.25) is 0 Å². The van der Waals surface area contributed by atoms with Crippen LogP contribution in [-0.4, -0.2) is 34.7 Å². The Bertz CT molecular complexity index is 566. The first-order valence-electron chi connectivity index (χ1n) is 6.58. The van der Waals surface area contributed by atoms with Gasteiger partial charge in [0.25, 0.3) is 0 Å². The Balaban J connectivity index is 2.08. The standard InChI is InChI=1S/C13H22N2O3S2/c1-13(2)11(6-12(13)18-4)15-20(16,17)10-5-9(7-14-3)19-8-10/h5,8,11-12,14-15H,6-7H2,1-4H3. The van der Waals surface area contributed by atoms with Gasteiger partial charge in [-0.25, -0.2) is 13.1 Å². The second kappa shape index (κ2) is 5.73. The lowest BCUT2D eigenvalue weighted by molar-refractivity contribution is -0.0908. The molecular formula is C13H22N2O3S2. The van der Waals surface area contributed by atoms with E-state index in [0.29, 0.717) is 11.4 Å². The summed E-state index contributed by atoms with van der Waals surface area (Å²) in [6, 6.07) is 1.65. The molecule has 0 aliphatic heterocycles. The summed E-state index contributed by atoms with van der Waals surface area (Å²) in [5, 5.41) is 4.71. The first-order chi connectivity index (χ1) is 9.31. The molecule has 2 unspecified atom stereocenters. The number of methoxy groups -OCH3 is 1. The first-order valence-corrected chi connectivity index (χ1v) is 8.94. The van der Waals surface area contributed by atoms with Crippen molar-refractivity contribution in [3.05, 3.63) is 16.3 Å². The van der Waals surface area contributed by atoms with Crippen LogP contribution in [0.5, 0.6) is 0 Å². The molecule has 1 aromatic rings. The largest absolute Gasteiger partial charge is 0.381 e. The summed E-state index contributed by atoms with van der Waals surface area (Å²) in [6.45, 7) is 4.73. The number of ether oxygens (including phenoxy) is 1. The van der Waals surface area contributed by atoms with E-state index in [1.165, 1.54) is 11.3 Å². The SMILES string of the molecule is CNCc1cc(S(=O)(=O)NC2CC(OC)C2(C)C)cs1. The van der Waals surface area contributed by atoms with Crippen molar-refractivity contribution in [3.63, 3.8) is 0 Å². The Morgan fingerprint density at radius 2 is 2.20 bits per heavy atom. The van der Waals surface area contributed by atoms with Gasteiger partial charge in [-0.05, 0) is 19.5 Å². The Hall–Kier alpha value is -0.470. The summed E-state index contributed by atoms with van der Waals surface area (Å²) in [5.41, 5.74) is -0.175. The van der Waals surface area contributed by atoms with Gasteiger partial charge in [-0.1, -0.05) is 13.8 Å². The van der Waals surface area contributed by atoms with Crippen LogP contribution in [0.15, 0.2) is 16.3 Å². The second-order valence-electron chi connectivity index (χ2n) is 5.73. The van der Waals surface area contributed by atoms with Gasteiger partial charge in [-0.2, -0.15) is 0 Å². The Labute approximate surface area is 124 Å². The molecule has 2 rings (SSSR count). The van der Waals surface area contributed by atoms with Gasteiger partial charge < -0.3 is 10.1 Å². The van der Waals surface area contributed by atoms with E-state index in [9.17, 15) is 8.42 Å². The summed E-state index contributed by atoms with van der Waals surface area (Å²) in [5.74, 6) is 0. The van der Waals surface area contributed by atoms with Crippen molar-refractivity contribution in [2.45, 2.75) is 43.9 Å². The van der Waals surface area contributed by atoms with E-state index in [-0.39, 0.29) is 17.6 Å². The smallest absolute Gasteiger partial charge is 0.241 e. The van der Waals surface area contributed by atoms with Crippen molar-refractivity contribution in [3.8, 4) is 0 Å². The van der Waals surface area contributed by atoms with E-state index in [4.69, 9.17) is 4.74 Å². The zero-order valence-corrected chi connectivity index (χ0v) is 13.9. The van der Waals surface area contributed by atoms with Crippen molar-refractivity contribution in [2.24, 2.45) is 5.41 Å². The Morgan fingerprint density at radius 3 is 2.75 bits per heavy atom. The first kappa shape index (κ1) is 15.9. The van der Waals surface area contributed by atoms with Crippen LogP contribution >= 0.6 is 11.3 Å². The van der Waals surface area contributed by atoms with Gasteiger partial charge in [0.2, 0.25) is 10.0 Å². The van der Waals surface area contributed by atoms with Crippen LogP contribution in [-0.2, 0) is 21.3 Å². The highest BCUT2D eigenvalue weighted by molar-refractivity contribution is 7.89. The van der Waals surface area contributed by atoms with Crippen LogP contribution in [0.4, 0.5) is 0 Å². The number of hydrogen-bond acceptors (Lipinski definition) is 5. The monoisotopic (exact) mass is 318 g/mol. The normalized spacial score (nSPS) is 25.4. The number of nitrogens with one attached hydrogen (secondary N) is 2. The molecule has 1 saturated carbocycles. The third-order valence-electron chi connectivity index (χ3n) is 4.05. The lowest BCUT2D eigenvalue weighted by atomic mass is 9.65. The number of sulfonamides is 1. The highest BCUT2D eigenvalue weighted by Crippen LogP contribution is 2.43. The quantitative estimate of drug-likeness (QED) is 0.835. The topological polar surface area (TPSA) is 67.4 Å². The van der Waals surface area contributed by atoms with Gasteiger partial charge in [0.05, 0.1) is 11.0 Å². The molecule has 1 aliphatic carbocycles. The minimum atomic E-state index is -3.44. The van der Waals surface area contributed by atoms with Crippen LogP contribution in [0.1, 0.15) is 25.1 Å². The van der Waals surface area contributed by atoms with Gasteiger partial charge in [0.1, 0.15) is 0 Å². The molecule has 0 aromatic carbocycles. The summed E-state index contributed by atoms with van der Waals surface area (Å²) >= 11 is 1.45. The number of thiophene rings is 1. The highest BCUT2D eigenvalue weighted by Gasteiger charge is 2.50. The zero-order valence-electron chi connectivity index (χ0n) is 12.3. The van der Waals surface area contributed by atoms with Gasteiger partial charge in [-0.15, -0.1) is 11.3 Å². The molecule has 2 N–H and O–H groups in total. The molecular weight excluding hydrogens is 296 g/mol. The molecule has 20 heavy (non-hydrogen) atoms. The summed E-state index contributed by atoms with van der Waals surface area (Å²) in [6.07, 6.45) is 0.827. The molecule has 2 atom stereocenters. The van der Waals surface area contributed by atoms with E-state index < -0.39 is 10.0 Å². The molecule has 114 valence electrons. The van der Waals surface area contributed by atoms with E-state index in [1.807, 2.05) is 20.9 Å². The fourth-order valence-corrected chi connectivity index (χ4v) is 5.20. The molecule has 0 spiro atoms. The van der Waals surface area contributed by atoms with Crippen LogP contribution < -0.4 is 10.0 Å². The van der Waals surface area contributed by atoms with Crippen LogP contribution in [0.3, 0.4) is 0 Å². The molecule has 1 heterocycles. The third kappa shape index (κ3) is 2.92. The van der Waals surface area contributed by atoms with Crippen molar-refractivity contribution in [1.82, 2.24) is 10.0 Å². The van der Waals surface area contributed by atoms with Crippen molar-refractivity contribution in [1.29, 1.82) is 0 Å². The van der Waals surface area contributed by atoms with E-state index in [0.717, 1.165) is 11.3 Å². The summed E-state index contributed by atoms with van der Waals surface area (Å²) < 4.78 is 32.9. The predicted molar refractivity (Wildman–Crippen MR) is 80.4 cm³/mol. The molecule has 0 saturated heterocycles. The Kier molecular flexibility index (Phi) is 4.56. The van der Waals surface area contributed by atoms with Crippen LogP contribution in [0.25, 0.3) is 0 Å². The maximum Gasteiger partial charge on any atom is 0.241 e. The predicted octanol–water partition coefficient (Wildman–Crippen LogP) is 1.56. The number of rotatable bonds is 6. The molecule has 5 nitrogen and oxygen atoms in total. The number of hydrogen-bond donors (Lipinski definition) is 2. The third-order valence-corrected chi connectivity index (χ3v) is 6.59. The average Bonchev–Trinajstić information content (AvgIpc) is 2.84. The summed E-state index contributed by atoms with van der Waals surface area (Å²) in [7, 11) is 0.0644. The van der Waals surface area contributed by atoms with Crippen molar-refractivity contribution in [2.75, 3.05) is 14.2 Å². The molecule has 1 aliphatic rings. The van der Waals surface area contributed by atoms with E-state index >= 15 is 0 Å². The molecule has 0 radical (unpaired) electrons. The maximum absolute atomic E-state index is 12.4. The van der Waals surface area contributed by atoms with Crippen LogP contribution in [0, 0.1) is 5.41 Å². The lowest BCUT2D eigenvalue weighted by Gasteiger charge is -2.50. The van der Waals surface area contributed by atoms with Crippen LogP contribution in [0.2, 0.25) is 0 Å². The minimum Gasteiger partial charge on any atom is -0.381 e. The van der Waals surface area contributed by atoms with Crippen molar-refractivity contribution < 1.29 is 13.2 Å². The fraction of sp³-hybridized carbons (Fsp3) is 0.692. The van der Waals surface area contributed by atoms with E-state index in [2.05, 4.69) is 10.0 Å². The molecule has 1 fully saturated rings. The van der Waals surface area contributed by atoms with Crippen molar-refractivity contribution >= 4 is 21.4 Å². The highest BCUT2D eigenvalue weighted by atomic mass is 32.2. The lowest BCUT2D eigenvalue weighted by Crippen LogP contribution is -2.61. The second-order valence-corrected chi connectivity index (χ2v) is 8.44. The van der Waals surface area contributed by atoms with Gasteiger partial charge in [0, 0.05) is 35.4 Å². The average molecular weight is 318 g/mol. The Morgan fingerprint density at radius 1 is 1.50 bits per heavy atom. The molecule has 0 bridgehead atoms. The molecule has 1 aromatic heterocycles. The summed E-state index contributed by atoms with van der Waals surface area (Å²) in [4.78, 5) is 1.36. The van der Waals surface area contributed by atoms with E-state index in [1.54, 1.807) is 18.6 Å². The fourth-order valence-electron chi connectivity index (χ4n) is 2.51. The maximum atomic E-state index is 12.4. The van der Waals surface area contributed by atoms with Gasteiger partial charge >= 0.3 is 0 Å². The molecule has 7 heteroatoms.